The van der Waals surface area contributed by atoms with E-state index in [-0.39, 0.29) is 11.9 Å². The first-order valence-electron chi connectivity index (χ1n) is 10.5. The molecule has 3 aromatic carbocycles. The Labute approximate surface area is 194 Å². The van der Waals surface area contributed by atoms with Gasteiger partial charge in [0.1, 0.15) is 0 Å². The van der Waals surface area contributed by atoms with Crippen molar-refractivity contribution in [1.29, 1.82) is 0 Å². The van der Waals surface area contributed by atoms with E-state index in [0.717, 1.165) is 41.1 Å². The summed E-state index contributed by atoms with van der Waals surface area (Å²) in [6.07, 6.45) is 2.58. The predicted molar refractivity (Wildman–Crippen MR) is 129 cm³/mol. The number of fused-ring (bicyclic) bond motifs is 1. The maximum absolute atomic E-state index is 13.1. The summed E-state index contributed by atoms with van der Waals surface area (Å²) in [6.45, 7) is 0.303. The first-order valence-corrected chi connectivity index (χ1v) is 11.2. The molecule has 1 amide bonds. The summed E-state index contributed by atoms with van der Waals surface area (Å²) in [5.74, 6) is 0.109. The lowest BCUT2D eigenvalue weighted by Crippen LogP contribution is -2.43. The molecule has 160 valence electrons. The van der Waals surface area contributed by atoms with Crippen LogP contribution < -0.4 is 4.90 Å². The number of likely N-dealkylation sites (N-methyl/N-ethyl adjacent to an activating group) is 2. The highest BCUT2D eigenvalue weighted by atomic mass is 35.5. The van der Waals surface area contributed by atoms with Gasteiger partial charge in [-0.15, -0.1) is 0 Å². The minimum atomic E-state index is 0.109. The van der Waals surface area contributed by atoms with Crippen LogP contribution in [0, 0.1) is 0 Å². The maximum atomic E-state index is 13.1. The minimum absolute atomic E-state index is 0.109. The minimum Gasteiger partial charge on any atom is -0.365 e. The molecule has 1 aliphatic rings. The largest absolute Gasteiger partial charge is 0.365 e. The van der Waals surface area contributed by atoms with E-state index in [1.165, 1.54) is 11.1 Å². The molecule has 0 radical (unpaired) electrons. The Hall–Kier alpha value is -2.49. The Morgan fingerprint density at radius 2 is 1.52 bits per heavy atom. The van der Waals surface area contributed by atoms with E-state index >= 15 is 0 Å². The zero-order valence-corrected chi connectivity index (χ0v) is 19.3. The Morgan fingerprint density at radius 3 is 2.16 bits per heavy atom. The molecule has 0 unspecified atom stereocenters. The van der Waals surface area contributed by atoms with Crippen LogP contribution in [0.1, 0.15) is 22.3 Å². The normalized spacial score (nSPS) is 13.2. The van der Waals surface area contributed by atoms with Crippen molar-refractivity contribution in [1.82, 2.24) is 4.90 Å². The molecule has 0 N–H and O–H groups in total. The highest BCUT2D eigenvalue weighted by Crippen LogP contribution is 2.28. The topological polar surface area (TPSA) is 23.6 Å². The summed E-state index contributed by atoms with van der Waals surface area (Å²) in [6, 6.07) is 22.4. The molecular weight excluding hydrogens is 427 g/mol. The van der Waals surface area contributed by atoms with Crippen molar-refractivity contribution in [2.45, 2.75) is 25.3 Å². The van der Waals surface area contributed by atoms with Crippen LogP contribution >= 0.6 is 23.2 Å². The van der Waals surface area contributed by atoms with Crippen molar-refractivity contribution in [2.24, 2.45) is 0 Å². The lowest BCUT2D eigenvalue weighted by Gasteiger charge is -2.29. The fourth-order valence-corrected chi connectivity index (χ4v) is 4.57. The van der Waals surface area contributed by atoms with Crippen LogP contribution in [0.4, 0.5) is 5.69 Å². The molecule has 0 spiro atoms. The quantitative estimate of drug-likeness (QED) is 0.482. The van der Waals surface area contributed by atoms with Crippen molar-refractivity contribution >= 4 is 34.8 Å². The molecule has 0 heterocycles. The van der Waals surface area contributed by atoms with Gasteiger partial charge < -0.3 is 9.80 Å². The number of anilines is 1. The molecule has 1 aliphatic carbocycles. The molecule has 0 aromatic heterocycles. The van der Waals surface area contributed by atoms with E-state index in [1.807, 2.05) is 66.4 Å². The number of hydrogen-bond acceptors (Lipinski definition) is 2. The third kappa shape index (κ3) is 5.06. The second kappa shape index (κ2) is 9.33. The van der Waals surface area contributed by atoms with Gasteiger partial charge in [0.05, 0.1) is 6.54 Å². The van der Waals surface area contributed by atoms with Crippen LogP contribution in [-0.4, -0.2) is 37.5 Å². The number of carbonyl (C=O) groups excluding carboxylic acids is 1. The molecule has 3 nitrogen and oxygen atoms in total. The van der Waals surface area contributed by atoms with E-state index in [4.69, 9.17) is 23.2 Å². The first-order chi connectivity index (χ1) is 14.9. The van der Waals surface area contributed by atoms with Crippen LogP contribution in [0.25, 0.3) is 0 Å². The fourth-order valence-electron chi connectivity index (χ4n) is 4.28. The summed E-state index contributed by atoms with van der Waals surface area (Å²) in [7, 11) is 3.87. The number of nitrogens with zero attached hydrogens (tertiary/aromatic N) is 2. The summed E-state index contributed by atoms with van der Waals surface area (Å²) in [5.41, 5.74) is 5.95. The SMILES string of the molecule is CN(CC(=O)N(C)C1Cc2ccccc2C1)c1cc(Cl)ccc1Cc1ccc(Cl)cc1. The van der Waals surface area contributed by atoms with Gasteiger partial charge in [-0.1, -0.05) is 65.7 Å². The Balaban J connectivity index is 1.46. The molecular formula is C26H26Cl2N2O. The Bertz CT molecular complexity index is 1060. The lowest BCUT2D eigenvalue weighted by atomic mass is 10.0. The van der Waals surface area contributed by atoms with Gasteiger partial charge >= 0.3 is 0 Å². The zero-order valence-electron chi connectivity index (χ0n) is 17.8. The summed E-state index contributed by atoms with van der Waals surface area (Å²) < 4.78 is 0. The number of hydrogen-bond donors (Lipinski definition) is 0. The standard InChI is InChI=1S/C26H26Cl2N2O/c1-29(17-26(31)30(2)24-14-19-5-3-4-6-20(19)15-24)25-16-23(28)12-9-21(25)13-18-7-10-22(27)11-8-18/h3-12,16,24H,13-15,17H2,1-2H3. The number of amides is 1. The van der Waals surface area contributed by atoms with Crippen LogP contribution in [0.2, 0.25) is 10.0 Å². The number of rotatable bonds is 6. The average molecular weight is 453 g/mol. The molecule has 0 atom stereocenters. The van der Waals surface area contributed by atoms with Crippen LogP contribution in [-0.2, 0) is 24.1 Å². The lowest BCUT2D eigenvalue weighted by molar-refractivity contribution is -0.130. The smallest absolute Gasteiger partial charge is 0.242 e. The molecule has 0 fully saturated rings. The monoisotopic (exact) mass is 452 g/mol. The van der Waals surface area contributed by atoms with Crippen LogP contribution in [0.5, 0.6) is 0 Å². The average Bonchev–Trinajstić information content (AvgIpc) is 3.20. The van der Waals surface area contributed by atoms with Crippen molar-refractivity contribution < 1.29 is 4.79 Å². The first kappa shape index (κ1) is 21.7. The molecule has 5 heteroatoms. The van der Waals surface area contributed by atoms with Crippen molar-refractivity contribution in [3.8, 4) is 0 Å². The third-order valence-corrected chi connectivity index (χ3v) is 6.60. The highest BCUT2D eigenvalue weighted by Gasteiger charge is 2.27. The second-order valence-corrected chi connectivity index (χ2v) is 9.14. The van der Waals surface area contributed by atoms with Gasteiger partial charge in [-0.3, -0.25) is 4.79 Å². The van der Waals surface area contributed by atoms with Gasteiger partial charge in [-0.25, -0.2) is 0 Å². The van der Waals surface area contributed by atoms with E-state index in [2.05, 4.69) is 24.3 Å². The fraction of sp³-hybridized carbons (Fsp3) is 0.269. The number of benzene rings is 3. The zero-order chi connectivity index (χ0) is 22.0. The van der Waals surface area contributed by atoms with Crippen molar-refractivity contribution in [2.75, 3.05) is 25.5 Å². The van der Waals surface area contributed by atoms with E-state index < -0.39 is 0 Å². The van der Waals surface area contributed by atoms with Gasteiger partial charge in [-0.2, -0.15) is 0 Å². The van der Waals surface area contributed by atoms with Gasteiger partial charge in [0.2, 0.25) is 5.91 Å². The van der Waals surface area contributed by atoms with Gasteiger partial charge in [-0.05, 0) is 65.8 Å². The molecule has 31 heavy (non-hydrogen) atoms. The molecule has 0 aliphatic heterocycles. The van der Waals surface area contributed by atoms with Crippen molar-refractivity contribution in [3.63, 3.8) is 0 Å². The summed E-state index contributed by atoms with van der Waals surface area (Å²) in [4.78, 5) is 17.0. The van der Waals surface area contributed by atoms with E-state index in [9.17, 15) is 4.79 Å². The third-order valence-electron chi connectivity index (χ3n) is 6.11. The van der Waals surface area contributed by atoms with Gasteiger partial charge in [0.15, 0.2) is 0 Å². The molecule has 4 rings (SSSR count). The second-order valence-electron chi connectivity index (χ2n) is 8.27. The Morgan fingerprint density at radius 1 is 0.903 bits per heavy atom. The molecule has 0 bridgehead atoms. The van der Waals surface area contributed by atoms with Gasteiger partial charge in [0.25, 0.3) is 0 Å². The highest BCUT2D eigenvalue weighted by molar-refractivity contribution is 6.31. The molecule has 3 aromatic rings. The molecule has 0 saturated heterocycles. The summed E-state index contributed by atoms with van der Waals surface area (Å²) >= 11 is 12.3. The van der Waals surface area contributed by atoms with Crippen LogP contribution in [0.15, 0.2) is 66.7 Å². The maximum Gasteiger partial charge on any atom is 0.242 e. The van der Waals surface area contributed by atoms with Crippen molar-refractivity contribution in [3.05, 3.63) is 99.0 Å². The van der Waals surface area contributed by atoms with E-state index in [1.54, 1.807) is 0 Å². The Kier molecular flexibility index (Phi) is 6.54. The number of halogens is 2. The van der Waals surface area contributed by atoms with Crippen LogP contribution in [0.3, 0.4) is 0 Å². The van der Waals surface area contributed by atoms with E-state index in [0.29, 0.717) is 11.6 Å². The summed E-state index contributed by atoms with van der Waals surface area (Å²) in [5, 5.41) is 1.38. The molecule has 0 saturated carbocycles. The van der Waals surface area contributed by atoms with Gasteiger partial charge in [0, 0.05) is 35.9 Å². The predicted octanol–water partition coefficient (Wildman–Crippen LogP) is 5.65. The number of carbonyl (C=O) groups is 1.